The second kappa shape index (κ2) is 9.18. The number of nitro benzene ring substituents is 1. The Kier molecular flexibility index (Phi) is 6.44. The van der Waals surface area contributed by atoms with Crippen LogP contribution in [0.25, 0.3) is 0 Å². The summed E-state index contributed by atoms with van der Waals surface area (Å²) in [6, 6.07) is 12.0. The molecule has 0 spiro atoms. The van der Waals surface area contributed by atoms with Gasteiger partial charge >= 0.3 is 0 Å². The lowest BCUT2D eigenvalue weighted by Crippen LogP contribution is -2.38. The van der Waals surface area contributed by atoms with Crippen LogP contribution in [0.15, 0.2) is 42.5 Å². The van der Waals surface area contributed by atoms with Gasteiger partial charge in [-0.1, -0.05) is 17.7 Å². The average Bonchev–Trinajstić information content (AvgIpc) is 2.72. The fourth-order valence-corrected chi connectivity index (χ4v) is 2.96. The van der Waals surface area contributed by atoms with Crippen LogP contribution in [0.2, 0.25) is 0 Å². The van der Waals surface area contributed by atoms with Gasteiger partial charge in [-0.05, 0) is 25.1 Å². The minimum Gasteiger partial charge on any atom is -0.492 e. The van der Waals surface area contributed by atoms with Crippen LogP contribution in [0.5, 0.6) is 5.75 Å². The standard InChI is InChI=1S/C20H23N3O5/c1-15-2-5-17(6-3-15)28-11-8-21-20(24)18-14-16(23(25)26)4-7-19(18)22-9-12-27-13-10-22/h2-7,14H,8-13H2,1H3,(H,21,24). The van der Waals surface area contributed by atoms with E-state index in [9.17, 15) is 14.9 Å². The molecule has 1 aliphatic rings. The van der Waals surface area contributed by atoms with E-state index in [1.54, 1.807) is 6.07 Å². The fourth-order valence-electron chi connectivity index (χ4n) is 2.96. The van der Waals surface area contributed by atoms with E-state index in [0.29, 0.717) is 38.6 Å². The lowest BCUT2D eigenvalue weighted by molar-refractivity contribution is -0.384. The Morgan fingerprint density at radius 1 is 1.21 bits per heavy atom. The highest BCUT2D eigenvalue weighted by atomic mass is 16.6. The number of carbonyl (C=O) groups is 1. The SMILES string of the molecule is Cc1ccc(OCCNC(=O)c2cc([N+](=O)[O-])ccc2N2CCOCC2)cc1. The first kappa shape index (κ1) is 19.6. The van der Waals surface area contributed by atoms with E-state index in [-0.39, 0.29) is 23.7 Å². The quantitative estimate of drug-likeness (QED) is 0.447. The molecule has 1 heterocycles. The molecule has 8 nitrogen and oxygen atoms in total. The largest absolute Gasteiger partial charge is 0.492 e. The lowest BCUT2D eigenvalue weighted by atomic mass is 10.1. The number of aryl methyl sites for hydroxylation is 1. The smallest absolute Gasteiger partial charge is 0.270 e. The van der Waals surface area contributed by atoms with Crippen molar-refractivity contribution >= 4 is 17.3 Å². The normalized spacial score (nSPS) is 13.8. The number of nitrogens with one attached hydrogen (secondary N) is 1. The number of carbonyl (C=O) groups excluding carboxylic acids is 1. The van der Waals surface area contributed by atoms with Crippen LogP contribution in [-0.2, 0) is 4.74 Å². The van der Waals surface area contributed by atoms with Crippen molar-refractivity contribution in [1.82, 2.24) is 5.32 Å². The monoisotopic (exact) mass is 385 g/mol. The van der Waals surface area contributed by atoms with E-state index in [0.717, 1.165) is 11.3 Å². The Morgan fingerprint density at radius 2 is 1.93 bits per heavy atom. The second-order valence-electron chi connectivity index (χ2n) is 6.48. The van der Waals surface area contributed by atoms with Gasteiger partial charge in [-0.25, -0.2) is 0 Å². The van der Waals surface area contributed by atoms with E-state index in [1.807, 2.05) is 36.1 Å². The number of anilines is 1. The maximum Gasteiger partial charge on any atom is 0.270 e. The van der Waals surface area contributed by atoms with E-state index in [1.165, 1.54) is 12.1 Å². The molecule has 0 unspecified atom stereocenters. The summed E-state index contributed by atoms with van der Waals surface area (Å²) in [5.74, 6) is 0.363. The zero-order chi connectivity index (χ0) is 19.9. The number of ether oxygens (including phenoxy) is 2. The number of benzene rings is 2. The van der Waals surface area contributed by atoms with Crippen LogP contribution in [0.3, 0.4) is 0 Å². The predicted octanol–water partition coefficient (Wildman–Crippen LogP) is 2.55. The van der Waals surface area contributed by atoms with Crippen LogP contribution in [0.4, 0.5) is 11.4 Å². The van der Waals surface area contributed by atoms with Gasteiger partial charge < -0.3 is 19.7 Å². The van der Waals surface area contributed by atoms with Crippen LogP contribution >= 0.6 is 0 Å². The van der Waals surface area contributed by atoms with Crippen molar-refractivity contribution in [2.45, 2.75) is 6.92 Å². The highest BCUT2D eigenvalue weighted by Gasteiger charge is 2.21. The number of rotatable bonds is 7. The second-order valence-corrected chi connectivity index (χ2v) is 6.48. The Bertz CT molecular complexity index is 832. The van der Waals surface area contributed by atoms with Crippen molar-refractivity contribution in [3.05, 3.63) is 63.7 Å². The molecule has 148 valence electrons. The van der Waals surface area contributed by atoms with Gasteiger partial charge in [0, 0.05) is 25.2 Å². The molecule has 0 aromatic heterocycles. The third kappa shape index (κ3) is 4.98. The van der Waals surface area contributed by atoms with Crippen molar-refractivity contribution in [3.63, 3.8) is 0 Å². The predicted molar refractivity (Wildman–Crippen MR) is 105 cm³/mol. The highest BCUT2D eigenvalue weighted by molar-refractivity contribution is 6.00. The summed E-state index contributed by atoms with van der Waals surface area (Å²) < 4.78 is 11.0. The summed E-state index contributed by atoms with van der Waals surface area (Å²) in [5, 5.41) is 13.9. The average molecular weight is 385 g/mol. The van der Waals surface area contributed by atoms with Crippen molar-refractivity contribution < 1.29 is 19.2 Å². The van der Waals surface area contributed by atoms with Gasteiger partial charge in [0.2, 0.25) is 0 Å². The van der Waals surface area contributed by atoms with Crippen LogP contribution < -0.4 is 15.0 Å². The summed E-state index contributed by atoms with van der Waals surface area (Å²) in [5.41, 5.74) is 1.98. The Balaban J connectivity index is 1.65. The van der Waals surface area contributed by atoms with E-state index >= 15 is 0 Å². The van der Waals surface area contributed by atoms with Crippen molar-refractivity contribution in [1.29, 1.82) is 0 Å². The summed E-state index contributed by atoms with van der Waals surface area (Å²) in [6.45, 7) is 4.97. The van der Waals surface area contributed by atoms with Crippen LogP contribution in [-0.4, -0.2) is 50.3 Å². The molecule has 1 saturated heterocycles. The van der Waals surface area contributed by atoms with E-state index < -0.39 is 4.92 Å². The first-order valence-electron chi connectivity index (χ1n) is 9.13. The molecule has 8 heteroatoms. The molecule has 0 bridgehead atoms. The fraction of sp³-hybridized carbons (Fsp3) is 0.350. The zero-order valence-electron chi connectivity index (χ0n) is 15.7. The molecule has 1 N–H and O–H groups in total. The molecule has 0 aliphatic carbocycles. The van der Waals surface area contributed by atoms with Crippen molar-refractivity contribution in [2.24, 2.45) is 0 Å². The van der Waals surface area contributed by atoms with Gasteiger partial charge in [0.25, 0.3) is 11.6 Å². The minimum atomic E-state index is -0.500. The van der Waals surface area contributed by atoms with Gasteiger partial charge in [0.1, 0.15) is 12.4 Å². The maximum atomic E-state index is 12.7. The van der Waals surface area contributed by atoms with Gasteiger partial charge in [-0.15, -0.1) is 0 Å². The molecule has 0 radical (unpaired) electrons. The van der Waals surface area contributed by atoms with Gasteiger partial charge in [-0.2, -0.15) is 0 Å². The first-order valence-corrected chi connectivity index (χ1v) is 9.13. The summed E-state index contributed by atoms with van der Waals surface area (Å²) >= 11 is 0. The molecule has 1 fully saturated rings. The zero-order valence-corrected chi connectivity index (χ0v) is 15.7. The number of hydrogen-bond donors (Lipinski definition) is 1. The number of nitro groups is 1. The number of nitrogens with zero attached hydrogens (tertiary/aromatic N) is 2. The molecule has 2 aromatic carbocycles. The molecule has 28 heavy (non-hydrogen) atoms. The van der Waals surface area contributed by atoms with Gasteiger partial charge in [0.05, 0.1) is 35.9 Å². The Labute approximate surface area is 163 Å². The molecular weight excluding hydrogens is 362 g/mol. The molecule has 1 aliphatic heterocycles. The molecule has 3 rings (SSSR count). The topological polar surface area (TPSA) is 93.9 Å². The lowest BCUT2D eigenvalue weighted by Gasteiger charge is -2.30. The third-order valence-corrected chi connectivity index (χ3v) is 4.46. The number of morpholine rings is 1. The molecule has 1 amide bonds. The van der Waals surface area contributed by atoms with E-state index in [2.05, 4.69) is 5.32 Å². The Hall–Kier alpha value is -3.13. The summed E-state index contributed by atoms with van der Waals surface area (Å²) in [6.07, 6.45) is 0. The molecular formula is C20H23N3O5. The summed E-state index contributed by atoms with van der Waals surface area (Å²) in [7, 11) is 0. The molecule has 2 aromatic rings. The number of hydrogen-bond acceptors (Lipinski definition) is 6. The van der Waals surface area contributed by atoms with E-state index in [4.69, 9.17) is 9.47 Å². The van der Waals surface area contributed by atoms with Crippen LogP contribution in [0, 0.1) is 17.0 Å². The highest BCUT2D eigenvalue weighted by Crippen LogP contribution is 2.26. The minimum absolute atomic E-state index is 0.113. The van der Waals surface area contributed by atoms with Gasteiger partial charge in [0.15, 0.2) is 0 Å². The summed E-state index contributed by atoms with van der Waals surface area (Å²) in [4.78, 5) is 25.3. The van der Waals surface area contributed by atoms with Crippen molar-refractivity contribution in [2.75, 3.05) is 44.4 Å². The van der Waals surface area contributed by atoms with Crippen molar-refractivity contribution in [3.8, 4) is 5.75 Å². The molecule has 0 saturated carbocycles. The molecule has 0 atom stereocenters. The number of non-ortho nitro benzene ring substituents is 1. The van der Waals surface area contributed by atoms with Crippen LogP contribution in [0.1, 0.15) is 15.9 Å². The first-order chi connectivity index (χ1) is 13.5. The van der Waals surface area contributed by atoms with Gasteiger partial charge in [-0.3, -0.25) is 14.9 Å². The maximum absolute atomic E-state index is 12.7. The Morgan fingerprint density at radius 3 is 2.61 bits per heavy atom. The number of amides is 1. The third-order valence-electron chi connectivity index (χ3n) is 4.46.